The Hall–Kier alpha value is -0.570. The van der Waals surface area contributed by atoms with E-state index in [4.69, 9.17) is 16.3 Å². The lowest BCUT2D eigenvalue weighted by atomic mass is 9.92. The highest BCUT2D eigenvalue weighted by Gasteiger charge is 2.25. The number of fused-ring (bicyclic) bond motifs is 1. The van der Waals surface area contributed by atoms with Gasteiger partial charge in [-0.15, -0.1) is 22.9 Å². The van der Waals surface area contributed by atoms with Crippen molar-refractivity contribution in [1.82, 2.24) is 0 Å². The van der Waals surface area contributed by atoms with Crippen molar-refractivity contribution >= 4 is 33.0 Å². The molecule has 1 unspecified atom stereocenters. The van der Waals surface area contributed by atoms with Gasteiger partial charge in [-0.05, 0) is 41.2 Å². The molecule has 1 aliphatic heterocycles. The first-order valence-corrected chi connectivity index (χ1v) is 7.36. The first-order chi connectivity index (χ1) is 8.36. The van der Waals surface area contributed by atoms with Gasteiger partial charge in [-0.25, -0.2) is 0 Å². The summed E-state index contributed by atoms with van der Waals surface area (Å²) in [5.41, 5.74) is 1.30. The molecule has 0 saturated carbocycles. The average Bonchev–Trinajstić information content (AvgIpc) is 2.83. The Kier molecular flexibility index (Phi) is 3.37. The monoisotopic (exact) mass is 266 g/mol. The van der Waals surface area contributed by atoms with E-state index in [0.717, 1.165) is 26.1 Å². The summed E-state index contributed by atoms with van der Waals surface area (Å²) in [5.74, 6) is 0.559. The fourth-order valence-electron chi connectivity index (χ4n) is 2.47. The fraction of sp³-hybridized carbons (Fsp3) is 0.429. The molecule has 3 heteroatoms. The Morgan fingerprint density at radius 1 is 1.24 bits per heavy atom. The smallest absolute Gasteiger partial charge is 0.0629 e. The molecule has 1 aromatic carbocycles. The molecule has 1 fully saturated rings. The molecule has 0 spiro atoms. The average molecular weight is 267 g/mol. The summed E-state index contributed by atoms with van der Waals surface area (Å²) in [6, 6.07) is 8.51. The Morgan fingerprint density at radius 3 is 2.82 bits per heavy atom. The zero-order chi connectivity index (χ0) is 11.7. The highest BCUT2D eigenvalue weighted by molar-refractivity contribution is 7.17. The fourth-order valence-corrected chi connectivity index (χ4v) is 3.98. The molecule has 1 aromatic heterocycles. The minimum absolute atomic E-state index is 0.134. The molecule has 2 heterocycles. The van der Waals surface area contributed by atoms with Crippen molar-refractivity contribution in [3.63, 3.8) is 0 Å². The SMILES string of the molecule is ClC(c1csc2ccccc12)C1CCOCC1. The van der Waals surface area contributed by atoms with Crippen molar-refractivity contribution in [1.29, 1.82) is 0 Å². The lowest BCUT2D eigenvalue weighted by molar-refractivity contribution is 0.0652. The number of rotatable bonds is 2. The quantitative estimate of drug-likeness (QED) is 0.722. The third-order valence-corrected chi connectivity index (χ3v) is 5.06. The maximum Gasteiger partial charge on any atom is 0.0629 e. The summed E-state index contributed by atoms with van der Waals surface area (Å²) < 4.78 is 6.73. The molecular weight excluding hydrogens is 252 g/mol. The van der Waals surface area contributed by atoms with Crippen LogP contribution in [-0.4, -0.2) is 13.2 Å². The summed E-state index contributed by atoms with van der Waals surface area (Å²) in [6.45, 7) is 1.71. The van der Waals surface area contributed by atoms with Gasteiger partial charge in [-0.1, -0.05) is 18.2 Å². The lowest BCUT2D eigenvalue weighted by Crippen LogP contribution is -2.19. The van der Waals surface area contributed by atoms with Crippen LogP contribution in [0.2, 0.25) is 0 Å². The van der Waals surface area contributed by atoms with E-state index < -0.39 is 0 Å². The van der Waals surface area contributed by atoms with Gasteiger partial charge in [0.2, 0.25) is 0 Å². The molecule has 3 rings (SSSR count). The maximum absolute atomic E-state index is 6.66. The zero-order valence-corrected chi connectivity index (χ0v) is 11.1. The molecule has 1 saturated heterocycles. The molecule has 0 radical (unpaired) electrons. The number of hydrogen-bond acceptors (Lipinski definition) is 2. The highest BCUT2D eigenvalue weighted by atomic mass is 35.5. The van der Waals surface area contributed by atoms with Gasteiger partial charge in [-0.3, -0.25) is 0 Å². The number of hydrogen-bond donors (Lipinski definition) is 0. The first-order valence-electron chi connectivity index (χ1n) is 6.04. The lowest BCUT2D eigenvalue weighted by Gasteiger charge is -2.26. The van der Waals surface area contributed by atoms with Crippen molar-refractivity contribution in [2.45, 2.75) is 18.2 Å². The van der Waals surface area contributed by atoms with E-state index >= 15 is 0 Å². The second-order valence-electron chi connectivity index (χ2n) is 4.54. The van der Waals surface area contributed by atoms with Crippen LogP contribution in [0.4, 0.5) is 0 Å². The standard InChI is InChI=1S/C14H15ClOS/c15-14(10-5-7-16-8-6-10)12-9-17-13-4-2-1-3-11(12)13/h1-4,9-10,14H,5-8H2. The minimum Gasteiger partial charge on any atom is -0.381 e. The van der Waals surface area contributed by atoms with Crippen molar-refractivity contribution < 1.29 is 4.74 Å². The van der Waals surface area contributed by atoms with Gasteiger partial charge in [-0.2, -0.15) is 0 Å². The van der Waals surface area contributed by atoms with E-state index in [-0.39, 0.29) is 5.38 Å². The van der Waals surface area contributed by atoms with E-state index in [2.05, 4.69) is 29.6 Å². The molecule has 2 aromatic rings. The van der Waals surface area contributed by atoms with Crippen LogP contribution in [0.5, 0.6) is 0 Å². The van der Waals surface area contributed by atoms with E-state index in [1.54, 1.807) is 11.3 Å². The van der Waals surface area contributed by atoms with Gasteiger partial charge in [0.25, 0.3) is 0 Å². The predicted octanol–water partition coefficient (Wildman–Crippen LogP) is 4.61. The third kappa shape index (κ3) is 2.22. The molecule has 1 aliphatic rings. The van der Waals surface area contributed by atoms with Crippen LogP contribution in [0.25, 0.3) is 10.1 Å². The summed E-state index contributed by atoms with van der Waals surface area (Å²) >= 11 is 8.45. The molecule has 90 valence electrons. The Bertz CT molecular complexity index is 502. The summed E-state index contributed by atoms with van der Waals surface area (Å²) in [4.78, 5) is 0. The van der Waals surface area contributed by atoms with Gasteiger partial charge in [0.05, 0.1) is 5.38 Å². The first kappa shape index (κ1) is 11.5. The zero-order valence-electron chi connectivity index (χ0n) is 9.56. The van der Waals surface area contributed by atoms with Crippen LogP contribution in [0, 0.1) is 5.92 Å². The number of alkyl halides is 1. The van der Waals surface area contributed by atoms with Gasteiger partial charge in [0.1, 0.15) is 0 Å². The largest absolute Gasteiger partial charge is 0.381 e. The van der Waals surface area contributed by atoms with Crippen LogP contribution >= 0.6 is 22.9 Å². The van der Waals surface area contributed by atoms with Gasteiger partial charge >= 0.3 is 0 Å². The van der Waals surface area contributed by atoms with Gasteiger partial charge in [0.15, 0.2) is 0 Å². The summed E-state index contributed by atoms with van der Waals surface area (Å²) in [6.07, 6.45) is 2.16. The van der Waals surface area contributed by atoms with Gasteiger partial charge in [0, 0.05) is 17.9 Å². The third-order valence-electron chi connectivity index (χ3n) is 3.49. The second-order valence-corrected chi connectivity index (χ2v) is 5.92. The second kappa shape index (κ2) is 4.97. The summed E-state index contributed by atoms with van der Waals surface area (Å²) in [7, 11) is 0. The van der Waals surface area contributed by atoms with Crippen molar-refractivity contribution in [3.05, 3.63) is 35.2 Å². The topological polar surface area (TPSA) is 9.23 Å². The number of benzene rings is 1. The van der Waals surface area contributed by atoms with Crippen LogP contribution in [0.15, 0.2) is 29.6 Å². The predicted molar refractivity (Wildman–Crippen MR) is 74.0 cm³/mol. The van der Waals surface area contributed by atoms with Crippen LogP contribution in [-0.2, 0) is 4.74 Å². The normalized spacial score (nSPS) is 19.6. The maximum atomic E-state index is 6.66. The van der Waals surface area contributed by atoms with E-state index in [9.17, 15) is 0 Å². The number of ether oxygens (including phenoxy) is 1. The highest BCUT2D eigenvalue weighted by Crippen LogP contribution is 2.40. The van der Waals surface area contributed by atoms with Crippen LogP contribution in [0.3, 0.4) is 0 Å². The minimum atomic E-state index is 0.134. The molecule has 0 aliphatic carbocycles. The summed E-state index contributed by atoms with van der Waals surface area (Å²) in [5, 5.41) is 3.68. The van der Waals surface area contributed by atoms with Crippen molar-refractivity contribution in [3.8, 4) is 0 Å². The van der Waals surface area contributed by atoms with Crippen LogP contribution < -0.4 is 0 Å². The molecule has 17 heavy (non-hydrogen) atoms. The Balaban J connectivity index is 1.92. The molecule has 0 bridgehead atoms. The van der Waals surface area contributed by atoms with Gasteiger partial charge < -0.3 is 4.74 Å². The Morgan fingerprint density at radius 2 is 2.00 bits per heavy atom. The van der Waals surface area contributed by atoms with Crippen molar-refractivity contribution in [2.24, 2.45) is 5.92 Å². The molecule has 0 N–H and O–H groups in total. The molecule has 1 nitrogen and oxygen atoms in total. The Labute approximate surface area is 110 Å². The molecule has 1 atom stereocenters. The van der Waals surface area contributed by atoms with E-state index in [0.29, 0.717) is 5.92 Å². The van der Waals surface area contributed by atoms with E-state index in [1.807, 2.05) is 0 Å². The van der Waals surface area contributed by atoms with Crippen molar-refractivity contribution in [2.75, 3.05) is 13.2 Å². The molecule has 0 amide bonds. The van der Waals surface area contributed by atoms with Crippen LogP contribution in [0.1, 0.15) is 23.8 Å². The number of halogens is 1. The number of thiophene rings is 1. The van der Waals surface area contributed by atoms with E-state index in [1.165, 1.54) is 15.6 Å². The molecular formula is C14H15ClOS.